The number of hydrogen-bond donors (Lipinski definition) is 1. The number of imidazole rings is 1. The molecule has 2 rings (SSSR count). The fourth-order valence-corrected chi connectivity index (χ4v) is 2.10. The van der Waals surface area contributed by atoms with Gasteiger partial charge >= 0.3 is 12.6 Å². The summed E-state index contributed by atoms with van der Waals surface area (Å²) < 4.78 is 52.6. The number of benzene rings is 1. The molecule has 0 atom stereocenters. The summed E-state index contributed by atoms with van der Waals surface area (Å²) in [6.45, 7) is -2.78. The van der Waals surface area contributed by atoms with Crippen LogP contribution >= 0.6 is 0 Å². The monoisotopic (exact) mass is 344 g/mol. The third-order valence-corrected chi connectivity index (χ3v) is 3.36. The second-order valence-electron chi connectivity index (χ2n) is 5.10. The van der Waals surface area contributed by atoms with Crippen LogP contribution in [0.25, 0.3) is 0 Å². The van der Waals surface area contributed by atoms with Crippen molar-refractivity contribution in [2.75, 3.05) is 13.6 Å². The highest BCUT2D eigenvalue weighted by Gasteiger charge is 2.16. The van der Waals surface area contributed by atoms with Gasteiger partial charge in [0.25, 0.3) is 0 Å². The van der Waals surface area contributed by atoms with E-state index in [0.717, 1.165) is 24.4 Å². The van der Waals surface area contributed by atoms with Gasteiger partial charge in [0.15, 0.2) is 0 Å². The number of urea groups is 1. The van der Waals surface area contributed by atoms with E-state index in [2.05, 4.69) is 10.3 Å². The average Bonchev–Trinajstić information content (AvgIpc) is 2.98. The van der Waals surface area contributed by atoms with Gasteiger partial charge in [-0.1, -0.05) is 0 Å². The Balaban J connectivity index is 1.85. The van der Waals surface area contributed by atoms with E-state index in [0.29, 0.717) is 4.57 Å². The molecule has 2 aromatic rings. The highest BCUT2D eigenvalue weighted by Crippen LogP contribution is 2.13. The Bertz CT molecular complexity index is 705. The molecule has 2 amide bonds. The van der Waals surface area contributed by atoms with Crippen LogP contribution in [0.15, 0.2) is 30.6 Å². The van der Waals surface area contributed by atoms with Crippen LogP contribution in [0.3, 0.4) is 0 Å². The normalized spacial score (nSPS) is 10.9. The van der Waals surface area contributed by atoms with Crippen LogP contribution in [0.5, 0.6) is 0 Å². The quantitative estimate of drug-likeness (QED) is 0.819. The Hall–Kier alpha value is -2.58. The van der Waals surface area contributed by atoms with Gasteiger partial charge in [0, 0.05) is 26.0 Å². The first-order valence-corrected chi connectivity index (χ1v) is 7.11. The molecule has 9 heteroatoms. The fraction of sp³-hybridized carbons (Fsp3) is 0.333. The summed E-state index contributed by atoms with van der Waals surface area (Å²) in [5.74, 6) is -1.08. The van der Waals surface area contributed by atoms with Gasteiger partial charge in [0.05, 0.1) is 6.54 Å². The zero-order valence-corrected chi connectivity index (χ0v) is 12.8. The molecule has 1 N–H and O–H groups in total. The number of nitrogens with zero attached hydrogens (tertiary/aromatic N) is 3. The molecule has 0 aliphatic heterocycles. The second kappa shape index (κ2) is 7.80. The molecule has 24 heavy (non-hydrogen) atoms. The highest BCUT2D eigenvalue weighted by molar-refractivity contribution is 5.73. The molecule has 130 valence electrons. The number of nitrogens with one attached hydrogen (secondary N) is 1. The Morgan fingerprint density at radius 2 is 2.12 bits per heavy atom. The minimum Gasteiger partial charge on any atom is -0.338 e. The largest absolute Gasteiger partial charge is 0.338 e. The summed E-state index contributed by atoms with van der Waals surface area (Å²) in [4.78, 5) is 16.9. The Labute approximate surface area is 135 Å². The number of amides is 2. The minimum absolute atomic E-state index is 0.0406. The van der Waals surface area contributed by atoms with E-state index < -0.39 is 24.2 Å². The van der Waals surface area contributed by atoms with Crippen LogP contribution < -0.4 is 5.32 Å². The van der Waals surface area contributed by atoms with Crippen molar-refractivity contribution in [3.63, 3.8) is 0 Å². The third-order valence-electron chi connectivity index (χ3n) is 3.36. The lowest BCUT2D eigenvalue weighted by atomic mass is 10.1. The smallest absolute Gasteiger partial charge is 0.319 e. The molecular formula is C15H16F4N4O. The first-order chi connectivity index (χ1) is 11.4. The average molecular weight is 344 g/mol. The SMILES string of the molecule is CN(Cc1nccn1C(F)F)C(=O)NCCc1cc(F)ccc1F. The standard InChI is InChI=1S/C15H16F4N4O/c1-22(9-13-20-6-7-23(13)14(18)19)15(24)21-5-4-10-8-11(16)2-3-12(10)17/h2-3,6-8,14H,4-5,9H2,1H3,(H,21,24). The number of halogens is 4. The molecule has 1 aromatic carbocycles. The van der Waals surface area contributed by atoms with E-state index in [9.17, 15) is 22.4 Å². The predicted molar refractivity (Wildman–Crippen MR) is 78.4 cm³/mol. The Kier molecular flexibility index (Phi) is 5.78. The highest BCUT2D eigenvalue weighted by atomic mass is 19.3. The maximum atomic E-state index is 13.5. The van der Waals surface area contributed by atoms with Gasteiger partial charge in [0.1, 0.15) is 17.5 Å². The van der Waals surface area contributed by atoms with Crippen LogP contribution in [-0.4, -0.2) is 34.1 Å². The van der Waals surface area contributed by atoms with E-state index in [4.69, 9.17) is 0 Å². The fourth-order valence-electron chi connectivity index (χ4n) is 2.10. The van der Waals surface area contributed by atoms with Crippen molar-refractivity contribution >= 4 is 6.03 Å². The summed E-state index contributed by atoms with van der Waals surface area (Å²) in [6.07, 6.45) is 2.45. The lowest BCUT2D eigenvalue weighted by Gasteiger charge is -2.18. The van der Waals surface area contributed by atoms with Gasteiger partial charge < -0.3 is 10.2 Å². The van der Waals surface area contributed by atoms with Gasteiger partial charge in [-0.2, -0.15) is 8.78 Å². The molecular weight excluding hydrogens is 328 g/mol. The maximum Gasteiger partial charge on any atom is 0.319 e. The molecule has 0 spiro atoms. The van der Waals surface area contributed by atoms with E-state index in [-0.39, 0.29) is 30.9 Å². The van der Waals surface area contributed by atoms with Crippen molar-refractivity contribution in [2.24, 2.45) is 0 Å². The topological polar surface area (TPSA) is 50.2 Å². The molecule has 0 saturated carbocycles. The summed E-state index contributed by atoms with van der Waals surface area (Å²) in [5, 5.41) is 2.51. The molecule has 0 aliphatic carbocycles. The summed E-state index contributed by atoms with van der Waals surface area (Å²) in [5.41, 5.74) is 0.145. The molecule has 0 fully saturated rings. The van der Waals surface area contributed by atoms with Crippen molar-refractivity contribution in [1.29, 1.82) is 0 Å². The molecule has 0 saturated heterocycles. The number of carbonyl (C=O) groups excluding carboxylic acids is 1. The summed E-state index contributed by atoms with van der Waals surface area (Å²) >= 11 is 0. The van der Waals surface area contributed by atoms with Crippen LogP contribution in [0.2, 0.25) is 0 Å². The lowest BCUT2D eigenvalue weighted by Crippen LogP contribution is -2.38. The number of carbonyl (C=O) groups is 1. The Morgan fingerprint density at radius 1 is 1.38 bits per heavy atom. The number of aromatic nitrogens is 2. The number of hydrogen-bond acceptors (Lipinski definition) is 2. The van der Waals surface area contributed by atoms with Crippen molar-refractivity contribution in [3.05, 3.63) is 53.6 Å². The van der Waals surface area contributed by atoms with Crippen molar-refractivity contribution in [2.45, 2.75) is 19.5 Å². The van der Waals surface area contributed by atoms with Gasteiger partial charge in [-0.3, -0.25) is 4.57 Å². The van der Waals surface area contributed by atoms with Gasteiger partial charge in [-0.15, -0.1) is 0 Å². The maximum absolute atomic E-state index is 13.5. The molecule has 0 radical (unpaired) electrons. The molecule has 1 heterocycles. The predicted octanol–water partition coefficient (Wildman–Crippen LogP) is 2.94. The van der Waals surface area contributed by atoms with Crippen LogP contribution in [-0.2, 0) is 13.0 Å². The first kappa shape index (κ1) is 17.8. The molecule has 0 bridgehead atoms. The van der Waals surface area contributed by atoms with Crippen molar-refractivity contribution in [3.8, 4) is 0 Å². The minimum atomic E-state index is -2.74. The number of alkyl halides is 2. The van der Waals surface area contributed by atoms with Crippen LogP contribution in [0.1, 0.15) is 17.9 Å². The third kappa shape index (κ3) is 4.46. The second-order valence-corrected chi connectivity index (χ2v) is 5.10. The van der Waals surface area contributed by atoms with Crippen LogP contribution in [0.4, 0.5) is 22.4 Å². The van der Waals surface area contributed by atoms with E-state index in [1.807, 2.05) is 0 Å². The molecule has 1 aromatic heterocycles. The van der Waals surface area contributed by atoms with E-state index >= 15 is 0 Å². The van der Waals surface area contributed by atoms with Gasteiger partial charge in [0.2, 0.25) is 0 Å². The van der Waals surface area contributed by atoms with Crippen molar-refractivity contribution in [1.82, 2.24) is 19.8 Å². The molecule has 5 nitrogen and oxygen atoms in total. The zero-order valence-electron chi connectivity index (χ0n) is 12.8. The Morgan fingerprint density at radius 3 is 2.83 bits per heavy atom. The van der Waals surface area contributed by atoms with Gasteiger partial charge in [-0.25, -0.2) is 18.6 Å². The lowest BCUT2D eigenvalue weighted by molar-refractivity contribution is 0.0651. The van der Waals surface area contributed by atoms with E-state index in [1.54, 1.807) is 0 Å². The molecule has 0 unspecified atom stereocenters. The van der Waals surface area contributed by atoms with Crippen molar-refractivity contribution < 1.29 is 22.4 Å². The van der Waals surface area contributed by atoms with Gasteiger partial charge in [-0.05, 0) is 30.2 Å². The summed E-state index contributed by atoms with van der Waals surface area (Å²) in [7, 11) is 1.42. The zero-order chi connectivity index (χ0) is 17.7. The van der Waals surface area contributed by atoms with Crippen LogP contribution in [0, 0.1) is 11.6 Å². The number of rotatable bonds is 6. The first-order valence-electron chi connectivity index (χ1n) is 7.11. The summed E-state index contributed by atoms with van der Waals surface area (Å²) in [6, 6.07) is 2.56. The molecule has 0 aliphatic rings. The van der Waals surface area contributed by atoms with E-state index in [1.165, 1.54) is 18.1 Å².